The van der Waals surface area contributed by atoms with Crippen molar-refractivity contribution in [2.24, 2.45) is 0 Å². The number of benzene rings is 1. The first-order chi connectivity index (χ1) is 9.44. The molecule has 2 aromatic rings. The van der Waals surface area contributed by atoms with E-state index in [0.717, 1.165) is 5.56 Å². The van der Waals surface area contributed by atoms with E-state index in [9.17, 15) is 13.2 Å². The average Bonchev–Trinajstić information content (AvgIpc) is 2.37. The standard InChI is InChI=1S/C13H11F3N2OS/c14-13(15,16)8-19-7-11-17-10(6-12(20)18-11)9-4-2-1-3-5-9/h1-6H,7-8H2,(H,17,18,20). The molecule has 1 heterocycles. The Morgan fingerprint density at radius 3 is 2.55 bits per heavy atom. The van der Waals surface area contributed by atoms with Gasteiger partial charge in [-0.25, -0.2) is 4.98 Å². The summed E-state index contributed by atoms with van der Waals surface area (Å²) in [7, 11) is 0. The minimum atomic E-state index is -4.35. The third-order valence-electron chi connectivity index (χ3n) is 2.38. The Labute approximate surface area is 118 Å². The van der Waals surface area contributed by atoms with Crippen LogP contribution < -0.4 is 0 Å². The molecule has 106 valence electrons. The van der Waals surface area contributed by atoms with E-state index in [1.54, 1.807) is 6.07 Å². The van der Waals surface area contributed by atoms with Gasteiger partial charge >= 0.3 is 6.18 Å². The number of nitrogens with zero attached hydrogens (tertiary/aromatic N) is 1. The highest BCUT2D eigenvalue weighted by atomic mass is 32.1. The van der Waals surface area contributed by atoms with Crippen molar-refractivity contribution in [3.63, 3.8) is 0 Å². The molecule has 0 bridgehead atoms. The van der Waals surface area contributed by atoms with Gasteiger partial charge in [-0.1, -0.05) is 42.5 Å². The lowest BCUT2D eigenvalue weighted by atomic mass is 10.1. The second-order valence-electron chi connectivity index (χ2n) is 4.05. The van der Waals surface area contributed by atoms with Gasteiger partial charge in [0.05, 0.1) is 0 Å². The fraction of sp³-hybridized carbons (Fsp3) is 0.231. The first-order valence-electron chi connectivity index (χ1n) is 5.74. The summed E-state index contributed by atoms with van der Waals surface area (Å²) in [6.45, 7) is -1.59. The lowest BCUT2D eigenvalue weighted by Gasteiger charge is -2.09. The molecule has 20 heavy (non-hydrogen) atoms. The predicted octanol–water partition coefficient (Wildman–Crippen LogP) is 3.89. The summed E-state index contributed by atoms with van der Waals surface area (Å²) in [6, 6.07) is 10.9. The molecule has 0 spiro atoms. The molecule has 2 rings (SSSR count). The number of hydrogen-bond donors (Lipinski definition) is 1. The second-order valence-corrected chi connectivity index (χ2v) is 4.47. The zero-order chi connectivity index (χ0) is 14.6. The number of halogens is 3. The summed E-state index contributed by atoms with van der Waals surface area (Å²) < 4.78 is 40.9. The monoisotopic (exact) mass is 300 g/mol. The Morgan fingerprint density at radius 2 is 1.90 bits per heavy atom. The number of ether oxygens (including phenoxy) is 1. The lowest BCUT2D eigenvalue weighted by molar-refractivity contribution is -0.177. The first kappa shape index (κ1) is 14.7. The van der Waals surface area contributed by atoms with Gasteiger partial charge in [-0.2, -0.15) is 13.2 Å². The van der Waals surface area contributed by atoms with Crippen LogP contribution in [-0.2, 0) is 11.3 Å². The molecule has 0 aliphatic heterocycles. The highest BCUT2D eigenvalue weighted by Gasteiger charge is 2.27. The third kappa shape index (κ3) is 4.43. The highest BCUT2D eigenvalue weighted by molar-refractivity contribution is 7.71. The van der Waals surface area contributed by atoms with Crippen molar-refractivity contribution < 1.29 is 17.9 Å². The van der Waals surface area contributed by atoms with Gasteiger partial charge in [0, 0.05) is 5.69 Å². The summed E-state index contributed by atoms with van der Waals surface area (Å²) in [5, 5.41) is 0. The van der Waals surface area contributed by atoms with Crippen molar-refractivity contribution >= 4 is 12.2 Å². The Bertz CT molecular complexity index is 626. The van der Waals surface area contributed by atoms with Gasteiger partial charge in [0.2, 0.25) is 0 Å². The van der Waals surface area contributed by atoms with Gasteiger partial charge in [0.15, 0.2) is 0 Å². The van der Waals surface area contributed by atoms with Crippen LogP contribution in [0.25, 0.3) is 11.3 Å². The van der Waals surface area contributed by atoms with Crippen molar-refractivity contribution in [2.45, 2.75) is 12.8 Å². The second kappa shape index (κ2) is 6.15. The van der Waals surface area contributed by atoms with E-state index in [1.165, 1.54) is 0 Å². The van der Waals surface area contributed by atoms with Gasteiger partial charge < -0.3 is 9.72 Å². The van der Waals surface area contributed by atoms with Gasteiger partial charge in [-0.05, 0) is 11.6 Å². The number of alkyl halides is 3. The predicted molar refractivity (Wildman–Crippen MR) is 70.6 cm³/mol. The molecular weight excluding hydrogens is 289 g/mol. The van der Waals surface area contributed by atoms with Gasteiger partial charge in [-0.15, -0.1) is 0 Å². The summed E-state index contributed by atoms with van der Waals surface area (Å²) in [5.41, 5.74) is 1.56. The van der Waals surface area contributed by atoms with Crippen LogP contribution in [0.4, 0.5) is 13.2 Å². The van der Waals surface area contributed by atoms with E-state index < -0.39 is 12.8 Å². The maximum absolute atomic E-state index is 12.0. The van der Waals surface area contributed by atoms with Crippen molar-refractivity contribution in [3.05, 3.63) is 46.9 Å². The summed E-state index contributed by atoms with van der Waals surface area (Å²) in [5.74, 6) is 0.264. The van der Waals surface area contributed by atoms with E-state index in [0.29, 0.717) is 10.3 Å². The van der Waals surface area contributed by atoms with E-state index >= 15 is 0 Å². The molecule has 0 aliphatic carbocycles. The van der Waals surface area contributed by atoms with Crippen LogP contribution in [-0.4, -0.2) is 22.8 Å². The molecule has 0 radical (unpaired) electrons. The van der Waals surface area contributed by atoms with Crippen molar-refractivity contribution in [1.82, 2.24) is 9.97 Å². The number of nitrogens with one attached hydrogen (secondary N) is 1. The SMILES string of the molecule is FC(F)(F)COCc1nc(=S)cc(-c2ccccc2)[nH]1. The lowest BCUT2D eigenvalue weighted by Crippen LogP contribution is -2.17. The molecule has 0 amide bonds. The van der Waals surface area contributed by atoms with Gasteiger partial charge in [0.1, 0.15) is 23.7 Å². The molecule has 0 aliphatic rings. The van der Waals surface area contributed by atoms with E-state index in [1.807, 2.05) is 30.3 Å². The largest absolute Gasteiger partial charge is 0.411 e. The zero-order valence-corrected chi connectivity index (χ0v) is 11.1. The van der Waals surface area contributed by atoms with Crippen LogP contribution in [0, 0.1) is 4.64 Å². The molecule has 0 saturated heterocycles. The van der Waals surface area contributed by atoms with Crippen LogP contribution in [0.3, 0.4) is 0 Å². The van der Waals surface area contributed by atoms with Crippen molar-refractivity contribution in [1.29, 1.82) is 0 Å². The van der Waals surface area contributed by atoms with Crippen molar-refractivity contribution in [2.75, 3.05) is 6.61 Å². The molecule has 0 saturated carbocycles. The quantitative estimate of drug-likeness (QED) is 0.871. The van der Waals surface area contributed by atoms with Crippen molar-refractivity contribution in [3.8, 4) is 11.3 Å². The summed E-state index contributed by atoms with van der Waals surface area (Å²) in [4.78, 5) is 6.86. The molecule has 3 nitrogen and oxygen atoms in total. The third-order valence-corrected chi connectivity index (χ3v) is 2.59. The number of aromatic nitrogens is 2. The minimum Gasteiger partial charge on any atom is -0.364 e. The van der Waals surface area contributed by atoms with Crippen LogP contribution in [0.5, 0.6) is 0 Å². The molecular formula is C13H11F3N2OS. The Hall–Kier alpha value is -1.73. The minimum absolute atomic E-state index is 0.264. The fourth-order valence-electron chi connectivity index (χ4n) is 1.61. The van der Waals surface area contributed by atoms with E-state index in [4.69, 9.17) is 12.2 Å². The maximum Gasteiger partial charge on any atom is 0.411 e. The Balaban J connectivity index is 2.15. The number of aromatic amines is 1. The van der Waals surface area contributed by atoms with Gasteiger partial charge in [-0.3, -0.25) is 0 Å². The van der Waals surface area contributed by atoms with Crippen LogP contribution >= 0.6 is 12.2 Å². The molecule has 1 aromatic heterocycles. The summed E-state index contributed by atoms with van der Waals surface area (Å²) >= 11 is 5.00. The Morgan fingerprint density at radius 1 is 1.20 bits per heavy atom. The molecule has 1 aromatic carbocycles. The maximum atomic E-state index is 12.0. The number of H-pyrrole nitrogens is 1. The normalized spacial score (nSPS) is 11.6. The fourth-order valence-corrected chi connectivity index (χ4v) is 1.84. The number of hydrogen-bond acceptors (Lipinski definition) is 3. The van der Waals surface area contributed by atoms with Gasteiger partial charge in [0.25, 0.3) is 0 Å². The Kier molecular flexibility index (Phi) is 4.51. The van der Waals surface area contributed by atoms with Crippen LogP contribution in [0.2, 0.25) is 0 Å². The smallest absolute Gasteiger partial charge is 0.364 e. The molecule has 7 heteroatoms. The molecule has 1 N–H and O–H groups in total. The summed E-state index contributed by atoms with van der Waals surface area (Å²) in [6.07, 6.45) is -4.35. The molecule has 0 fully saturated rings. The van der Waals surface area contributed by atoms with E-state index in [-0.39, 0.29) is 12.4 Å². The topological polar surface area (TPSA) is 37.9 Å². The highest BCUT2D eigenvalue weighted by Crippen LogP contribution is 2.18. The van der Waals surface area contributed by atoms with Crippen LogP contribution in [0.15, 0.2) is 36.4 Å². The van der Waals surface area contributed by atoms with Crippen LogP contribution in [0.1, 0.15) is 5.82 Å². The number of rotatable bonds is 4. The average molecular weight is 300 g/mol. The first-order valence-corrected chi connectivity index (χ1v) is 6.15. The zero-order valence-electron chi connectivity index (χ0n) is 10.3. The molecule has 0 unspecified atom stereocenters. The van der Waals surface area contributed by atoms with E-state index in [2.05, 4.69) is 14.7 Å². The molecule has 0 atom stereocenters.